The number of hydrogen-bond acceptors (Lipinski definition) is 4. The van der Waals surface area contributed by atoms with Crippen molar-refractivity contribution < 1.29 is 4.79 Å². The minimum atomic E-state index is -0.241. The summed E-state index contributed by atoms with van der Waals surface area (Å²) in [6.07, 6.45) is 2.45. The number of amides is 1. The second-order valence-electron chi connectivity index (χ2n) is 4.84. The SMILES string of the molecule is Cn1nccc1CCNC(=O)c1n[nH]nc1-c1ccccc1. The average Bonchev–Trinajstić information content (AvgIpc) is 3.17. The van der Waals surface area contributed by atoms with Gasteiger partial charge in [0.25, 0.3) is 5.91 Å². The number of carbonyl (C=O) groups is 1. The number of nitrogens with zero attached hydrogens (tertiary/aromatic N) is 4. The molecule has 0 spiro atoms. The Morgan fingerprint density at radius 3 is 2.77 bits per heavy atom. The van der Waals surface area contributed by atoms with Crippen LogP contribution in [-0.4, -0.2) is 37.6 Å². The minimum Gasteiger partial charge on any atom is -0.350 e. The van der Waals surface area contributed by atoms with Gasteiger partial charge in [0.1, 0.15) is 5.69 Å². The summed E-state index contributed by atoms with van der Waals surface area (Å²) in [4.78, 5) is 12.3. The molecular weight excluding hydrogens is 280 g/mol. The Kier molecular flexibility index (Phi) is 3.95. The summed E-state index contributed by atoms with van der Waals surface area (Å²) in [6.45, 7) is 0.513. The molecule has 3 rings (SSSR count). The highest BCUT2D eigenvalue weighted by atomic mass is 16.2. The van der Waals surface area contributed by atoms with Crippen LogP contribution in [-0.2, 0) is 13.5 Å². The van der Waals surface area contributed by atoms with Gasteiger partial charge >= 0.3 is 0 Å². The van der Waals surface area contributed by atoms with Crippen LogP contribution in [0.5, 0.6) is 0 Å². The van der Waals surface area contributed by atoms with Gasteiger partial charge in [-0.15, -0.1) is 0 Å². The average molecular weight is 296 g/mol. The molecule has 3 aromatic rings. The summed E-state index contributed by atoms with van der Waals surface area (Å²) in [5.74, 6) is -0.241. The van der Waals surface area contributed by atoms with Crippen LogP contribution in [0.3, 0.4) is 0 Å². The minimum absolute atomic E-state index is 0.241. The first kappa shape index (κ1) is 14.0. The zero-order chi connectivity index (χ0) is 15.4. The van der Waals surface area contributed by atoms with Crippen molar-refractivity contribution in [3.63, 3.8) is 0 Å². The molecule has 0 saturated carbocycles. The number of aromatic nitrogens is 5. The zero-order valence-electron chi connectivity index (χ0n) is 12.2. The molecule has 0 radical (unpaired) electrons. The van der Waals surface area contributed by atoms with Crippen molar-refractivity contribution in [2.24, 2.45) is 7.05 Å². The molecule has 22 heavy (non-hydrogen) atoms. The van der Waals surface area contributed by atoms with Gasteiger partial charge in [0.15, 0.2) is 5.69 Å². The van der Waals surface area contributed by atoms with E-state index in [4.69, 9.17) is 0 Å². The van der Waals surface area contributed by atoms with Crippen molar-refractivity contribution in [2.75, 3.05) is 6.54 Å². The Labute approximate surface area is 127 Å². The number of carbonyl (C=O) groups excluding carboxylic acids is 1. The fourth-order valence-corrected chi connectivity index (χ4v) is 2.22. The number of aryl methyl sites for hydroxylation is 1. The van der Waals surface area contributed by atoms with E-state index in [1.165, 1.54) is 0 Å². The van der Waals surface area contributed by atoms with Crippen LogP contribution in [0.2, 0.25) is 0 Å². The van der Waals surface area contributed by atoms with Crippen molar-refractivity contribution in [2.45, 2.75) is 6.42 Å². The third-order valence-electron chi connectivity index (χ3n) is 3.40. The van der Waals surface area contributed by atoms with Gasteiger partial charge in [-0.3, -0.25) is 9.48 Å². The quantitative estimate of drug-likeness (QED) is 0.740. The second kappa shape index (κ2) is 6.21. The van der Waals surface area contributed by atoms with Crippen molar-refractivity contribution in [1.82, 2.24) is 30.5 Å². The van der Waals surface area contributed by atoms with Gasteiger partial charge < -0.3 is 5.32 Å². The van der Waals surface area contributed by atoms with Crippen LogP contribution in [0.1, 0.15) is 16.2 Å². The predicted octanol–water partition coefficient (Wildman–Crippen LogP) is 1.18. The topological polar surface area (TPSA) is 88.5 Å². The van der Waals surface area contributed by atoms with Crippen LogP contribution in [0.25, 0.3) is 11.3 Å². The highest BCUT2D eigenvalue weighted by molar-refractivity contribution is 5.97. The first-order valence-corrected chi connectivity index (χ1v) is 6.97. The van der Waals surface area contributed by atoms with E-state index in [-0.39, 0.29) is 5.91 Å². The highest BCUT2D eigenvalue weighted by Gasteiger charge is 2.17. The van der Waals surface area contributed by atoms with Gasteiger partial charge in [0.2, 0.25) is 0 Å². The van der Waals surface area contributed by atoms with E-state index in [9.17, 15) is 4.79 Å². The lowest BCUT2D eigenvalue weighted by molar-refractivity contribution is 0.0949. The van der Waals surface area contributed by atoms with Gasteiger partial charge in [0, 0.05) is 37.5 Å². The maximum absolute atomic E-state index is 12.3. The largest absolute Gasteiger partial charge is 0.350 e. The van der Waals surface area contributed by atoms with Crippen molar-refractivity contribution >= 4 is 5.91 Å². The third-order valence-corrected chi connectivity index (χ3v) is 3.40. The summed E-state index contributed by atoms with van der Waals surface area (Å²) in [6, 6.07) is 11.4. The molecule has 0 aliphatic rings. The molecule has 0 aliphatic heterocycles. The normalized spacial score (nSPS) is 10.6. The molecule has 0 aliphatic carbocycles. The summed E-state index contributed by atoms with van der Waals surface area (Å²) >= 11 is 0. The van der Waals surface area contributed by atoms with Crippen LogP contribution < -0.4 is 5.32 Å². The number of H-pyrrole nitrogens is 1. The van der Waals surface area contributed by atoms with Gasteiger partial charge in [-0.1, -0.05) is 30.3 Å². The number of benzene rings is 1. The van der Waals surface area contributed by atoms with E-state index in [1.807, 2.05) is 43.4 Å². The van der Waals surface area contributed by atoms with Crippen LogP contribution >= 0.6 is 0 Å². The van der Waals surface area contributed by atoms with Crippen molar-refractivity contribution in [3.8, 4) is 11.3 Å². The van der Waals surface area contributed by atoms with Gasteiger partial charge in [-0.05, 0) is 6.07 Å². The standard InChI is InChI=1S/C15H16N6O/c1-21-12(8-10-17-21)7-9-16-15(22)14-13(18-20-19-14)11-5-3-2-4-6-11/h2-6,8,10H,7,9H2,1H3,(H,16,22)(H,18,19,20). The molecule has 2 heterocycles. The van der Waals surface area contributed by atoms with Gasteiger partial charge in [-0.25, -0.2) is 0 Å². The van der Waals surface area contributed by atoms with Crippen molar-refractivity contribution in [3.05, 3.63) is 54.0 Å². The smallest absolute Gasteiger partial charge is 0.274 e. The Morgan fingerprint density at radius 1 is 1.23 bits per heavy atom. The van der Waals surface area contributed by atoms with Gasteiger partial charge in [0.05, 0.1) is 0 Å². The maximum Gasteiger partial charge on any atom is 0.274 e. The first-order valence-electron chi connectivity index (χ1n) is 6.97. The molecule has 2 N–H and O–H groups in total. The maximum atomic E-state index is 12.3. The van der Waals surface area contributed by atoms with Crippen LogP contribution in [0, 0.1) is 0 Å². The summed E-state index contributed by atoms with van der Waals surface area (Å²) in [5.41, 5.74) is 2.77. The van der Waals surface area contributed by atoms with E-state index in [0.29, 0.717) is 24.4 Å². The predicted molar refractivity (Wildman–Crippen MR) is 81.1 cm³/mol. The van der Waals surface area contributed by atoms with Crippen LogP contribution in [0.4, 0.5) is 0 Å². The Bertz CT molecular complexity index is 761. The highest BCUT2D eigenvalue weighted by Crippen LogP contribution is 2.18. The first-order chi connectivity index (χ1) is 10.8. The number of hydrogen-bond donors (Lipinski definition) is 2. The molecule has 7 heteroatoms. The molecule has 7 nitrogen and oxygen atoms in total. The van der Waals surface area contributed by atoms with E-state index < -0.39 is 0 Å². The molecule has 0 atom stereocenters. The van der Waals surface area contributed by atoms with E-state index >= 15 is 0 Å². The monoisotopic (exact) mass is 296 g/mol. The summed E-state index contributed by atoms with van der Waals surface area (Å²) < 4.78 is 1.79. The number of aromatic amines is 1. The molecule has 1 amide bonds. The third kappa shape index (κ3) is 2.88. The fourth-order valence-electron chi connectivity index (χ4n) is 2.22. The van der Waals surface area contributed by atoms with Crippen molar-refractivity contribution in [1.29, 1.82) is 0 Å². The van der Waals surface area contributed by atoms with Crippen LogP contribution in [0.15, 0.2) is 42.6 Å². The van der Waals surface area contributed by atoms with Gasteiger partial charge in [-0.2, -0.15) is 20.5 Å². The molecule has 1 aromatic carbocycles. The lowest BCUT2D eigenvalue weighted by Gasteiger charge is -2.05. The molecule has 0 bridgehead atoms. The lowest BCUT2D eigenvalue weighted by Crippen LogP contribution is -2.27. The zero-order valence-corrected chi connectivity index (χ0v) is 12.2. The molecule has 2 aromatic heterocycles. The molecule has 0 fully saturated rings. The molecule has 0 saturated heterocycles. The Hall–Kier alpha value is -2.96. The van der Waals surface area contributed by atoms with E-state index in [0.717, 1.165) is 11.3 Å². The summed E-state index contributed by atoms with van der Waals surface area (Å²) in [5, 5.41) is 17.5. The molecular formula is C15H16N6O. The summed E-state index contributed by atoms with van der Waals surface area (Å²) in [7, 11) is 1.88. The molecule has 112 valence electrons. The number of nitrogens with one attached hydrogen (secondary N) is 2. The van der Waals surface area contributed by atoms with E-state index in [1.54, 1.807) is 10.9 Å². The Morgan fingerprint density at radius 2 is 2.05 bits per heavy atom. The fraction of sp³-hybridized carbons (Fsp3) is 0.200. The number of rotatable bonds is 5. The van der Waals surface area contributed by atoms with E-state index in [2.05, 4.69) is 25.8 Å². The Balaban J connectivity index is 1.66. The lowest BCUT2D eigenvalue weighted by atomic mass is 10.1. The second-order valence-corrected chi connectivity index (χ2v) is 4.84. The molecule has 0 unspecified atom stereocenters.